The molecule has 7 heteroatoms. The van der Waals surface area contributed by atoms with Crippen LogP contribution in [0, 0.1) is 0 Å². The predicted octanol–water partition coefficient (Wildman–Crippen LogP) is 4.57. The topological polar surface area (TPSA) is 70.2 Å². The van der Waals surface area contributed by atoms with E-state index in [9.17, 15) is 9.59 Å². The molecule has 0 heterocycles. The number of hydrogen-bond donors (Lipinski definition) is 3. The van der Waals surface area contributed by atoms with E-state index in [1.807, 2.05) is 20.8 Å². The summed E-state index contributed by atoms with van der Waals surface area (Å²) in [5.41, 5.74) is 1.41. The van der Waals surface area contributed by atoms with Crippen LogP contribution in [0.15, 0.2) is 42.5 Å². The van der Waals surface area contributed by atoms with Crippen LogP contribution in [0.1, 0.15) is 31.1 Å². The van der Waals surface area contributed by atoms with E-state index in [0.717, 1.165) is 0 Å². The van der Waals surface area contributed by atoms with Crippen LogP contribution in [-0.2, 0) is 4.79 Å². The molecule has 0 atom stereocenters. The quantitative estimate of drug-likeness (QED) is 0.696. The lowest BCUT2D eigenvalue weighted by molar-refractivity contribution is -0.114. The highest BCUT2D eigenvalue weighted by Crippen LogP contribution is 2.25. The summed E-state index contributed by atoms with van der Waals surface area (Å²) >= 11 is 12.0. The molecule has 0 aliphatic heterocycles. The molecule has 3 N–H and O–H groups in total. The highest BCUT2D eigenvalue weighted by Gasteiger charge is 2.15. The van der Waals surface area contributed by atoms with Gasteiger partial charge in [0.2, 0.25) is 5.91 Å². The number of hydrogen-bond acceptors (Lipinski definition) is 3. The molecular formula is C19H21Cl2N3O2. The van der Waals surface area contributed by atoms with E-state index < -0.39 is 0 Å². The number of anilines is 2. The Kier molecular flexibility index (Phi) is 6.51. The van der Waals surface area contributed by atoms with Gasteiger partial charge in [0.15, 0.2) is 0 Å². The standard InChI is InChI=1S/C19H21Cl2N3O2/c1-19(2,3)24-18(26)12-4-7-14(8-5-12)23-17(25)11-22-16-10-13(20)6-9-15(16)21/h4-10,22H,11H2,1-3H3,(H,23,25)(H,24,26). The van der Waals surface area contributed by atoms with Crippen molar-refractivity contribution in [3.8, 4) is 0 Å². The fraction of sp³-hybridized carbons (Fsp3) is 0.263. The molecule has 2 aromatic rings. The van der Waals surface area contributed by atoms with Gasteiger partial charge in [-0.2, -0.15) is 0 Å². The zero-order valence-electron chi connectivity index (χ0n) is 14.8. The second-order valence-electron chi connectivity index (χ2n) is 6.81. The van der Waals surface area contributed by atoms with Crippen LogP contribution < -0.4 is 16.0 Å². The van der Waals surface area contributed by atoms with Crippen LogP contribution in [0.3, 0.4) is 0 Å². The van der Waals surface area contributed by atoms with E-state index >= 15 is 0 Å². The minimum atomic E-state index is -0.308. The first kappa shape index (κ1) is 20.1. The SMILES string of the molecule is CC(C)(C)NC(=O)c1ccc(NC(=O)CNc2cc(Cl)ccc2Cl)cc1. The summed E-state index contributed by atoms with van der Waals surface area (Å²) in [5.74, 6) is -0.402. The van der Waals surface area contributed by atoms with Crippen LogP contribution in [0.5, 0.6) is 0 Å². The molecule has 2 rings (SSSR count). The Morgan fingerprint density at radius 2 is 1.65 bits per heavy atom. The lowest BCUT2D eigenvalue weighted by Gasteiger charge is -2.20. The molecule has 2 aromatic carbocycles. The van der Waals surface area contributed by atoms with Crippen molar-refractivity contribution in [2.45, 2.75) is 26.3 Å². The summed E-state index contributed by atoms with van der Waals surface area (Å²) in [5, 5.41) is 9.58. The molecule has 5 nitrogen and oxygen atoms in total. The van der Waals surface area contributed by atoms with Crippen molar-refractivity contribution in [2.75, 3.05) is 17.2 Å². The number of carbonyl (C=O) groups is 2. The number of nitrogens with one attached hydrogen (secondary N) is 3. The van der Waals surface area contributed by atoms with Gasteiger partial charge in [0.25, 0.3) is 5.91 Å². The monoisotopic (exact) mass is 393 g/mol. The molecule has 0 bridgehead atoms. The Morgan fingerprint density at radius 1 is 1.00 bits per heavy atom. The van der Waals surface area contributed by atoms with Gasteiger partial charge in [0.1, 0.15) is 0 Å². The fourth-order valence-corrected chi connectivity index (χ4v) is 2.49. The summed E-state index contributed by atoms with van der Waals surface area (Å²) in [7, 11) is 0. The van der Waals surface area contributed by atoms with E-state index in [0.29, 0.717) is 27.0 Å². The largest absolute Gasteiger partial charge is 0.375 e. The molecule has 0 fully saturated rings. The van der Waals surface area contributed by atoms with E-state index in [1.165, 1.54) is 0 Å². The first-order valence-corrected chi connectivity index (χ1v) is 8.81. The molecule has 0 aliphatic carbocycles. The Balaban J connectivity index is 1.91. The van der Waals surface area contributed by atoms with Crippen LogP contribution in [0.4, 0.5) is 11.4 Å². The molecule has 2 amide bonds. The Hall–Kier alpha value is -2.24. The van der Waals surface area contributed by atoms with Crippen molar-refractivity contribution in [1.29, 1.82) is 0 Å². The molecule has 0 saturated heterocycles. The van der Waals surface area contributed by atoms with Crippen molar-refractivity contribution < 1.29 is 9.59 Å². The van der Waals surface area contributed by atoms with Crippen molar-refractivity contribution in [1.82, 2.24) is 5.32 Å². The maximum atomic E-state index is 12.1. The zero-order chi connectivity index (χ0) is 19.3. The Labute approximate surface area is 163 Å². The van der Waals surface area contributed by atoms with Gasteiger partial charge in [-0.25, -0.2) is 0 Å². The average molecular weight is 394 g/mol. The van der Waals surface area contributed by atoms with Crippen LogP contribution >= 0.6 is 23.2 Å². The van der Waals surface area contributed by atoms with Crippen LogP contribution in [-0.4, -0.2) is 23.9 Å². The maximum absolute atomic E-state index is 12.1. The Bertz CT molecular complexity index is 799. The Morgan fingerprint density at radius 3 is 2.27 bits per heavy atom. The molecular weight excluding hydrogens is 373 g/mol. The summed E-state index contributed by atoms with van der Waals surface area (Å²) in [6.07, 6.45) is 0. The third-order valence-corrected chi connectivity index (χ3v) is 3.85. The number of amides is 2. The average Bonchev–Trinajstić information content (AvgIpc) is 2.55. The molecule has 0 spiro atoms. The molecule has 0 unspecified atom stereocenters. The summed E-state index contributed by atoms with van der Waals surface area (Å²) in [6.45, 7) is 5.78. The first-order chi connectivity index (χ1) is 12.1. The summed E-state index contributed by atoms with van der Waals surface area (Å²) in [4.78, 5) is 24.1. The van der Waals surface area contributed by atoms with Crippen LogP contribution in [0.2, 0.25) is 10.0 Å². The maximum Gasteiger partial charge on any atom is 0.251 e. The minimum Gasteiger partial charge on any atom is -0.375 e. The number of rotatable bonds is 5. The normalized spacial score (nSPS) is 11.0. The lowest BCUT2D eigenvalue weighted by Crippen LogP contribution is -2.40. The van der Waals surface area contributed by atoms with Gasteiger partial charge in [-0.05, 0) is 63.2 Å². The second-order valence-corrected chi connectivity index (χ2v) is 7.65. The summed E-state index contributed by atoms with van der Waals surface area (Å²) < 4.78 is 0. The van der Waals surface area contributed by atoms with E-state index in [2.05, 4.69) is 16.0 Å². The van der Waals surface area contributed by atoms with Crippen molar-refractivity contribution in [3.63, 3.8) is 0 Å². The van der Waals surface area contributed by atoms with Gasteiger partial charge < -0.3 is 16.0 Å². The van der Waals surface area contributed by atoms with Gasteiger partial charge >= 0.3 is 0 Å². The molecule has 0 aliphatic rings. The highest BCUT2D eigenvalue weighted by molar-refractivity contribution is 6.35. The summed E-state index contributed by atoms with van der Waals surface area (Å²) in [6, 6.07) is 11.7. The van der Waals surface area contributed by atoms with Crippen LogP contribution in [0.25, 0.3) is 0 Å². The predicted molar refractivity (Wildman–Crippen MR) is 107 cm³/mol. The van der Waals surface area contributed by atoms with E-state index in [-0.39, 0.29) is 23.9 Å². The number of carbonyl (C=O) groups excluding carboxylic acids is 2. The first-order valence-electron chi connectivity index (χ1n) is 8.05. The van der Waals surface area contributed by atoms with E-state index in [4.69, 9.17) is 23.2 Å². The highest BCUT2D eigenvalue weighted by atomic mass is 35.5. The fourth-order valence-electron chi connectivity index (χ4n) is 2.13. The molecule has 26 heavy (non-hydrogen) atoms. The molecule has 0 radical (unpaired) electrons. The zero-order valence-corrected chi connectivity index (χ0v) is 16.3. The molecule has 0 aromatic heterocycles. The molecule has 138 valence electrons. The second kappa shape index (κ2) is 8.43. The van der Waals surface area contributed by atoms with Crippen molar-refractivity contribution >= 4 is 46.4 Å². The number of benzene rings is 2. The van der Waals surface area contributed by atoms with Crippen molar-refractivity contribution in [2.24, 2.45) is 0 Å². The van der Waals surface area contributed by atoms with Gasteiger partial charge in [-0.15, -0.1) is 0 Å². The lowest BCUT2D eigenvalue weighted by atomic mass is 10.1. The number of halogens is 2. The minimum absolute atomic E-state index is 0.0341. The smallest absolute Gasteiger partial charge is 0.251 e. The van der Waals surface area contributed by atoms with Crippen molar-refractivity contribution in [3.05, 3.63) is 58.1 Å². The van der Waals surface area contributed by atoms with Gasteiger partial charge in [0, 0.05) is 21.8 Å². The van der Waals surface area contributed by atoms with Gasteiger partial charge in [-0.1, -0.05) is 23.2 Å². The molecule has 0 saturated carbocycles. The van der Waals surface area contributed by atoms with Gasteiger partial charge in [-0.3, -0.25) is 9.59 Å². The van der Waals surface area contributed by atoms with Gasteiger partial charge in [0.05, 0.1) is 17.3 Å². The third-order valence-electron chi connectivity index (χ3n) is 3.29. The third kappa shape index (κ3) is 6.24. The van der Waals surface area contributed by atoms with E-state index in [1.54, 1.807) is 42.5 Å².